The van der Waals surface area contributed by atoms with E-state index in [0.29, 0.717) is 29.6 Å². The van der Waals surface area contributed by atoms with E-state index in [9.17, 15) is 4.79 Å². The van der Waals surface area contributed by atoms with Gasteiger partial charge >= 0.3 is 0 Å². The van der Waals surface area contributed by atoms with Gasteiger partial charge in [-0.1, -0.05) is 41.9 Å². The molecule has 0 fully saturated rings. The van der Waals surface area contributed by atoms with Gasteiger partial charge in [0.2, 0.25) is 0 Å². The first kappa shape index (κ1) is 12.5. The Hall–Kier alpha value is -2.00. The summed E-state index contributed by atoms with van der Waals surface area (Å²) >= 11 is 6.01. The van der Waals surface area contributed by atoms with Gasteiger partial charge in [-0.15, -0.1) is 0 Å². The van der Waals surface area contributed by atoms with Crippen LogP contribution in [-0.2, 0) is 11.4 Å². The van der Waals surface area contributed by atoms with Crippen LogP contribution in [0.2, 0.25) is 5.02 Å². The van der Waals surface area contributed by atoms with E-state index in [4.69, 9.17) is 16.3 Å². The van der Waals surface area contributed by atoms with Gasteiger partial charge in [0, 0.05) is 6.07 Å². The maximum atomic E-state index is 10.2. The maximum Gasteiger partial charge on any atom is 0.298 e. The largest absolute Gasteiger partial charge is 0.487 e. The van der Waals surface area contributed by atoms with Crippen molar-refractivity contribution >= 4 is 18.1 Å². The molecule has 0 aliphatic heterocycles. The zero-order valence-corrected chi connectivity index (χ0v) is 10.3. The van der Waals surface area contributed by atoms with Gasteiger partial charge in [0.1, 0.15) is 18.1 Å². The van der Waals surface area contributed by atoms with Crippen molar-refractivity contribution in [1.82, 2.24) is 0 Å². The maximum absolute atomic E-state index is 10.2. The molecule has 0 spiro atoms. The Bertz CT molecular complexity index is 526. The van der Waals surface area contributed by atoms with Crippen LogP contribution in [0.15, 0.2) is 48.5 Å². The van der Waals surface area contributed by atoms with E-state index in [-0.39, 0.29) is 0 Å². The standard InChI is InChI=1S/C14H11ClO3/c15-13-8-12(18-10-16)6-7-14(13)17-9-11-4-2-1-3-5-11/h1-8,10H,9H2. The minimum absolute atomic E-state index is 0.357. The second kappa shape index (κ2) is 6.07. The molecule has 0 amide bonds. The van der Waals surface area contributed by atoms with Crippen LogP contribution in [0.3, 0.4) is 0 Å². The molecule has 0 aliphatic carbocycles. The number of carbonyl (C=O) groups excluding carboxylic acids is 1. The van der Waals surface area contributed by atoms with Gasteiger partial charge in [0.25, 0.3) is 6.47 Å². The SMILES string of the molecule is O=COc1ccc(OCc2ccccc2)c(Cl)c1. The van der Waals surface area contributed by atoms with Crippen molar-refractivity contribution in [1.29, 1.82) is 0 Å². The summed E-state index contributed by atoms with van der Waals surface area (Å²) < 4.78 is 10.3. The molecule has 2 aromatic carbocycles. The van der Waals surface area contributed by atoms with Crippen molar-refractivity contribution in [3.63, 3.8) is 0 Å². The van der Waals surface area contributed by atoms with Gasteiger partial charge in [-0.05, 0) is 17.7 Å². The first-order valence-electron chi connectivity index (χ1n) is 5.36. The first-order valence-corrected chi connectivity index (χ1v) is 5.74. The average Bonchev–Trinajstić information content (AvgIpc) is 2.39. The van der Waals surface area contributed by atoms with Gasteiger partial charge in [-0.25, -0.2) is 0 Å². The highest BCUT2D eigenvalue weighted by Crippen LogP contribution is 2.29. The van der Waals surface area contributed by atoms with Gasteiger partial charge in [-0.3, -0.25) is 4.79 Å². The molecule has 0 heterocycles. The predicted octanol–water partition coefficient (Wildman–Crippen LogP) is 3.45. The molecular weight excluding hydrogens is 252 g/mol. The minimum atomic E-state index is 0.357. The van der Waals surface area contributed by atoms with E-state index in [1.807, 2.05) is 30.3 Å². The van der Waals surface area contributed by atoms with Crippen molar-refractivity contribution in [2.24, 2.45) is 0 Å². The predicted molar refractivity (Wildman–Crippen MR) is 68.9 cm³/mol. The summed E-state index contributed by atoms with van der Waals surface area (Å²) in [6.07, 6.45) is 0. The van der Waals surface area contributed by atoms with Crippen LogP contribution in [0.4, 0.5) is 0 Å². The number of hydrogen-bond donors (Lipinski definition) is 0. The summed E-state index contributed by atoms with van der Waals surface area (Å²) in [5, 5.41) is 0.408. The lowest BCUT2D eigenvalue weighted by molar-refractivity contribution is -0.120. The van der Waals surface area contributed by atoms with Crippen molar-refractivity contribution < 1.29 is 14.3 Å². The van der Waals surface area contributed by atoms with Crippen LogP contribution in [0.1, 0.15) is 5.56 Å². The Morgan fingerprint density at radius 1 is 1.11 bits per heavy atom. The smallest absolute Gasteiger partial charge is 0.298 e. The Morgan fingerprint density at radius 2 is 1.89 bits per heavy atom. The lowest BCUT2D eigenvalue weighted by Gasteiger charge is -2.08. The number of rotatable bonds is 5. The fraction of sp³-hybridized carbons (Fsp3) is 0.0714. The number of halogens is 1. The molecule has 0 bridgehead atoms. The molecule has 0 unspecified atom stereocenters. The van der Waals surface area contributed by atoms with Crippen LogP contribution in [0, 0.1) is 0 Å². The molecule has 0 saturated carbocycles. The number of carbonyl (C=O) groups is 1. The van der Waals surface area contributed by atoms with E-state index < -0.39 is 0 Å². The van der Waals surface area contributed by atoms with Crippen LogP contribution in [-0.4, -0.2) is 6.47 Å². The fourth-order valence-electron chi connectivity index (χ4n) is 1.46. The van der Waals surface area contributed by atoms with Crippen molar-refractivity contribution in [3.05, 3.63) is 59.1 Å². The van der Waals surface area contributed by atoms with E-state index in [2.05, 4.69) is 4.74 Å². The molecule has 92 valence electrons. The molecule has 0 N–H and O–H groups in total. The number of hydrogen-bond acceptors (Lipinski definition) is 3. The van der Waals surface area contributed by atoms with Crippen LogP contribution in [0.25, 0.3) is 0 Å². The molecule has 0 aromatic heterocycles. The Morgan fingerprint density at radius 3 is 2.56 bits per heavy atom. The molecule has 0 saturated heterocycles. The quantitative estimate of drug-likeness (QED) is 0.774. The van der Waals surface area contributed by atoms with Gasteiger partial charge < -0.3 is 9.47 Å². The van der Waals surface area contributed by atoms with Gasteiger partial charge in [0.15, 0.2) is 0 Å². The Balaban J connectivity index is 2.03. The molecule has 2 rings (SSSR count). The molecule has 3 nitrogen and oxygen atoms in total. The third kappa shape index (κ3) is 3.25. The Labute approximate surface area is 110 Å². The topological polar surface area (TPSA) is 35.5 Å². The molecule has 18 heavy (non-hydrogen) atoms. The van der Waals surface area contributed by atoms with E-state index >= 15 is 0 Å². The van der Waals surface area contributed by atoms with E-state index in [0.717, 1.165) is 5.56 Å². The second-order valence-corrected chi connectivity index (χ2v) is 3.99. The molecule has 4 heteroatoms. The van der Waals surface area contributed by atoms with Crippen molar-refractivity contribution in [3.8, 4) is 11.5 Å². The summed E-state index contributed by atoms with van der Waals surface area (Å²) in [6, 6.07) is 14.6. The van der Waals surface area contributed by atoms with Gasteiger partial charge in [0.05, 0.1) is 5.02 Å². The van der Waals surface area contributed by atoms with Crippen molar-refractivity contribution in [2.45, 2.75) is 6.61 Å². The summed E-state index contributed by atoms with van der Waals surface area (Å²) in [7, 11) is 0. The van der Waals surface area contributed by atoms with Gasteiger partial charge in [-0.2, -0.15) is 0 Å². The zero-order chi connectivity index (χ0) is 12.8. The highest BCUT2D eigenvalue weighted by Gasteiger charge is 2.04. The molecule has 2 aromatic rings. The number of benzene rings is 2. The van der Waals surface area contributed by atoms with Crippen LogP contribution in [0.5, 0.6) is 11.5 Å². The lowest BCUT2D eigenvalue weighted by Crippen LogP contribution is -1.96. The molecular formula is C14H11ClO3. The molecule has 0 atom stereocenters. The van der Waals surface area contributed by atoms with E-state index in [1.165, 1.54) is 6.07 Å². The third-order valence-electron chi connectivity index (χ3n) is 2.32. The summed E-state index contributed by atoms with van der Waals surface area (Å²) in [4.78, 5) is 10.2. The lowest BCUT2D eigenvalue weighted by atomic mass is 10.2. The second-order valence-electron chi connectivity index (χ2n) is 3.58. The highest BCUT2D eigenvalue weighted by atomic mass is 35.5. The van der Waals surface area contributed by atoms with Crippen LogP contribution < -0.4 is 9.47 Å². The Kier molecular flexibility index (Phi) is 4.20. The molecule has 0 aliphatic rings. The van der Waals surface area contributed by atoms with E-state index in [1.54, 1.807) is 12.1 Å². The first-order chi connectivity index (χ1) is 8.79. The fourth-order valence-corrected chi connectivity index (χ4v) is 1.69. The summed E-state index contributed by atoms with van der Waals surface area (Å²) in [5.74, 6) is 0.945. The molecule has 0 radical (unpaired) electrons. The highest BCUT2D eigenvalue weighted by molar-refractivity contribution is 6.32. The normalized spacial score (nSPS) is 9.83. The summed E-state index contributed by atoms with van der Waals surface area (Å²) in [5.41, 5.74) is 1.06. The minimum Gasteiger partial charge on any atom is -0.487 e. The van der Waals surface area contributed by atoms with Crippen molar-refractivity contribution in [2.75, 3.05) is 0 Å². The average molecular weight is 263 g/mol. The van der Waals surface area contributed by atoms with Crippen LogP contribution >= 0.6 is 11.6 Å². The number of ether oxygens (including phenoxy) is 2. The summed E-state index contributed by atoms with van der Waals surface area (Å²) in [6.45, 7) is 0.796. The zero-order valence-electron chi connectivity index (χ0n) is 9.51. The third-order valence-corrected chi connectivity index (χ3v) is 2.62. The monoisotopic (exact) mass is 262 g/mol.